The Bertz CT molecular complexity index is 539. The predicted molar refractivity (Wildman–Crippen MR) is 80.3 cm³/mol. The molecule has 19 heavy (non-hydrogen) atoms. The molecule has 1 heterocycles. The van der Waals surface area contributed by atoms with Gasteiger partial charge in [0.15, 0.2) is 0 Å². The summed E-state index contributed by atoms with van der Waals surface area (Å²) < 4.78 is 2.81. The summed E-state index contributed by atoms with van der Waals surface area (Å²) in [6.07, 6.45) is 2.44. The van der Waals surface area contributed by atoms with Crippen LogP contribution in [0.15, 0.2) is 34.9 Å². The molecule has 0 aliphatic rings. The highest BCUT2D eigenvalue weighted by Crippen LogP contribution is 2.26. The van der Waals surface area contributed by atoms with Gasteiger partial charge in [0.25, 0.3) is 0 Å². The van der Waals surface area contributed by atoms with Crippen LogP contribution in [-0.4, -0.2) is 14.9 Å². The molecule has 0 aliphatic carbocycles. The highest BCUT2D eigenvalue weighted by atomic mass is 79.9. The lowest BCUT2D eigenvalue weighted by Gasteiger charge is -2.14. The molecule has 0 fully saturated rings. The number of aryl methyl sites for hydroxylation is 1. The fraction of sp³-hybridized carbons (Fsp3) is 0.357. The maximum absolute atomic E-state index is 10.4. The van der Waals surface area contributed by atoms with Gasteiger partial charge in [-0.15, -0.1) is 0 Å². The fourth-order valence-electron chi connectivity index (χ4n) is 2.03. The molecular weight excluding hydrogens is 328 g/mol. The standard InChI is InChI=1S/C14H16BrClN2O/c1-2-7-18-14(12(16)9-17-18)13(19)8-10-3-5-11(15)6-4-10/h3-6,9,13,19H,2,7-8H2,1H3. The smallest absolute Gasteiger partial charge is 0.101 e. The van der Waals surface area contributed by atoms with E-state index in [2.05, 4.69) is 28.0 Å². The van der Waals surface area contributed by atoms with Gasteiger partial charge in [-0.3, -0.25) is 4.68 Å². The minimum atomic E-state index is -0.636. The average molecular weight is 344 g/mol. The van der Waals surface area contributed by atoms with E-state index in [-0.39, 0.29) is 0 Å². The number of aromatic nitrogens is 2. The largest absolute Gasteiger partial charge is 0.386 e. The van der Waals surface area contributed by atoms with Crippen LogP contribution in [0.3, 0.4) is 0 Å². The molecule has 0 spiro atoms. The minimum Gasteiger partial charge on any atom is -0.386 e. The summed E-state index contributed by atoms with van der Waals surface area (Å²) in [4.78, 5) is 0. The lowest BCUT2D eigenvalue weighted by Crippen LogP contribution is -2.11. The number of hydrogen-bond donors (Lipinski definition) is 1. The quantitative estimate of drug-likeness (QED) is 0.891. The zero-order valence-corrected chi connectivity index (χ0v) is 13.0. The topological polar surface area (TPSA) is 38.0 Å². The molecular formula is C14H16BrClN2O. The first-order valence-corrected chi connectivity index (χ1v) is 7.42. The molecule has 0 saturated heterocycles. The molecule has 0 aliphatic heterocycles. The monoisotopic (exact) mass is 342 g/mol. The third kappa shape index (κ3) is 3.59. The van der Waals surface area contributed by atoms with E-state index < -0.39 is 6.10 Å². The molecule has 1 atom stereocenters. The van der Waals surface area contributed by atoms with Crippen LogP contribution in [0.5, 0.6) is 0 Å². The van der Waals surface area contributed by atoms with Crippen LogP contribution in [0.4, 0.5) is 0 Å². The lowest BCUT2D eigenvalue weighted by atomic mass is 10.1. The van der Waals surface area contributed by atoms with E-state index in [9.17, 15) is 5.11 Å². The number of halogens is 2. The summed E-state index contributed by atoms with van der Waals surface area (Å²) in [6, 6.07) is 7.91. The van der Waals surface area contributed by atoms with Crippen molar-refractivity contribution in [2.24, 2.45) is 0 Å². The second kappa shape index (κ2) is 6.55. The Morgan fingerprint density at radius 1 is 1.37 bits per heavy atom. The van der Waals surface area contributed by atoms with Crippen molar-refractivity contribution in [3.63, 3.8) is 0 Å². The second-order valence-electron chi connectivity index (χ2n) is 4.45. The third-order valence-electron chi connectivity index (χ3n) is 2.93. The summed E-state index contributed by atoms with van der Waals surface area (Å²) in [7, 11) is 0. The van der Waals surface area contributed by atoms with Crippen LogP contribution in [-0.2, 0) is 13.0 Å². The Morgan fingerprint density at radius 2 is 2.05 bits per heavy atom. The molecule has 1 aromatic carbocycles. The maximum atomic E-state index is 10.4. The van der Waals surface area contributed by atoms with E-state index >= 15 is 0 Å². The first kappa shape index (κ1) is 14.6. The third-order valence-corrected chi connectivity index (χ3v) is 3.75. The van der Waals surface area contributed by atoms with Gasteiger partial charge in [-0.25, -0.2) is 0 Å². The van der Waals surface area contributed by atoms with E-state index in [0.717, 1.165) is 23.0 Å². The van der Waals surface area contributed by atoms with Crippen LogP contribution in [0, 0.1) is 0 Å². The molecule has 0 saturated carbocycles. The Kier molecular flexibility index (Phi) is 5.02. The lowest BCUT2D eigenvalue weighted by molar-refractivity contribution is 0.166. The summed E-state index contributed by atoms with van der Waals surface area (Å²) >= 11 is 9.51. The average Bonchev–Trinajstić information content (AvgIpc) is 2.74. The normalized spacial score (nSPS) is 12.6. The molecule has 0 bridgehead atoms. The Labute approximate surface area is 126 Å². The zero-order chi connectivity index (χ0) is 13.8. The van der Waals surface area contributed by atoms with Gasteiger partial charge in [0.2, 0.25) is 0 Å². The molecule has 3 nitrogen and oxygen atoms in total. The molecule has 5 heteroatoms. The van der Waals surface area contributed by atoms with E-state index in [1.807, 2.05) is 24.3 Å². The van der Waals surface area contributed by atoms with Crippen LogP contribution >= 0.6 is 27.5 Å². The Hall–Kier alpha value is -0.840. The van der Waals surface area contributed by atoms with Crippen LogP contribution in [0.2, 0.25) is 5.02 Å². The highest BCUT2D eigenvalue weighted by molar-refractivity contribution is 9.10. The van der Waals surface area contributed by atoms with Gasteiger partial charge in [-0.2, -0.15) is 5.10 Å². The number of hydrogen-bond acceptors (Lipinski definition) is 2. The molecule has 0 amide bonds. The summed E-state index contributed by atoms with van der Waals surface area (Å²) in [5.74, 6) is 0. The second-order valence-corrected chi connectivity index (χ2v) is 5.77. The van der Waals surface area contributed by atoms with E-state index in [1.165, 1.54) is 0 Å². The maximum Gasteiger partial charge on any atom is 0.101 e. The van der Waals surface area contributed by atoms with Crippen molar-refractivity contribution in [3.8, 4) is 0 Å². The van der Waals surface area contributed by atoms with Crippen molar-refractivity contribution in [2.45, 2.75) is 32.4 Å². The summed E-state index contributed by atoms with van der Waals surface area (Å²) in [5.41, 5.74) is 1.77. The number of aliphatic hydroxyl groups is 1. The van der Waals surface area contributed by atoms with E-state index in [1.54, 1.807) is 10.9 Å². The van der Waals surface area contributed by atoms with Crippen molar-refractivity contribution in [3.05, 3.63) is 51.2 Å². The van der Waals surface area contributed by atoms with Crippen molar-refractivity contribution in [1.29, 1.82) is 0 Å². The molecule has 1 aromatic heterocycles. The zero-order valence-electron chi connectivity index (χ0n) is 10.7. The molecule has 1 N–H and O–H groups in total. The van der Waals surface area contributed by atoms with Crippen molar-refractivity contribution in [1.82, 2.24) is 9.78 Å². The number of benzene rings is 1. The van der Waals surface area contributed by atoms with Crippen molar-refractivity contribution >= 4 is 27.5 Å². The van der Waals surface area contributed by atoms with Gasteiger partial charge < -0.3 is 5.11 Å². The summed E-state index contributed by atoms with van der Waals surface area (Å²) in [5, 5.41) is 15.1. The Morgan fingerprint density at radius 3 is 2.68 bits per heavy atom. The highest BCUT2D eigenvalue weighted by Gasteiger charge is 2.18. The number of rotatable bonds is 5. The van der Waals surface area contributed by atoms with Crippen molar-refractivity contribution < 1.29 is 5.11 Å². The van der Waals surface area contributed by atoms with Crippen LogP contribution in [0.1, 0.15) is 30.7 Å². The number of aliphatic hydroxyl groups excluding tert-OH is 1. The van der Waals surface area contributed by atoms with Crippen LogP contribution in [0.25, 0.3) is 0 Å². The first-order chi connectivity index (χ1) is 9.11. The fourth-order valence-corrected chi connectivity index (χ4v) is 2.57. The van der Waals surface area contributed by atoms with Gasteiger partial charge in [0.1, 0.15) is 6.10 Å². The number of nitrogens with zero attached hydrogens (tertiary/aromatic N) is 2. The molecule has 2 aromatic rings. The van der Waals surface area contributed by atoms with Gasteiger partial charge >= 0.3 is 0 Å². The van der Waals surface area contributed by atoms with Crippen molar-refractivity contribution in [2.75, 3.05) is 0 Å². The predicted octanol–water partition coefficient (Wildman–Crippen LogP) is 3.99. The first-order valence-electron chi connectivity index (χ1n) is 6.25. The SMILES string of the molecule is CCCn1ncc(Cl)c1C(O)Cc1ccc(Br)cc1. The molecule has 2 rings (SSSR count). The van der Waals surface area contributed by atoms with Gasteiger partial charge in [-0.05, 0) is 24.1 Å². The van der Waals surface area contributed by atoms with Gasteiger partial charge in [0.05, 0.1) is 16.9 Å². The van der Waals surface area contributed by atoms with Crippen LogP contribution < -0.4 is 0 Å². The van der Waals surface area contributed by atoms with Gasteiger partial charge in [-0.1, -0.05) is 46.6 Å². The molecule has 102 valence electrons. The summed E-state index contributed by atoms with van der Waals surface area (Å²) in [6.45, 7) is 2.83. The molecule has 1 unspecified atom stereocenters. The molecule has 0 radical (unpaired) electrons. The Balaban J connectivity index is 2.17. The van der Waals surface area contributed by atoms with Gasteiger partial charge in [0, 0.05) is 17.4 Å². The minimum absolute atomic E-state index is 0.526. The van der Waals surface area contributed by atoms with E-state index in [0.29, 0.717) is 17.1 Å². The van der Waals surface area contributed by atoms with E-state index in [4.69, 9.17) is 11.6 Å².